The fourth-order valence-corrected chi connectivity index (χ4v) is 12.7. The van der Waals surface area contributed by atoms with E-state index in [4.69, 9.17) is 13.8 Å². The van der Waals surface area contributed by atoms with Crippen molar-refractivity contribution in [1.82, 2.24) is 14.2 Å². The highest BCUT2D eigenvalue weighted by molar-refractivity contribution is 7.45. The molecule has 0 aliphatic carbocycles. The number of ether oxygens (including phenoxy) is 1. The van der Waals surface area contributed by atoms with Crippen LogP contribution in [0.1, 0.15) is 44.9 Å². The smallest absolute Gasteiger partial charge is 0.330 e. The zero-order valence-electron chi connectivity index (χ0n) is 24.2. The summed E-state index contributed by atoms with van der Waals surface area (Å²) in [5.41, 5.74) is -0.343. The van der Waals surface area contributed by atoms with E-state index in [1.807, 2.05) is 0 Å². The maximum absolute atomic E-state index is 12.6. The van der Waals surface area contributed by atoms with Crippen LogP contribution in [0, 0.1) is 12.8 Å². The molecule has 218 valence electrons. The van der Waals surface area contributed by atoms with E-state index in [0.29, 0.717) is 18.0 Å². The van der Waals surface area contributed by atoms with Gasteiger partial charge in [-0.2, -0.15) is 0 Å². The van der Waals surface area contributed by atoms with Crippen LogP contribution in [0.5, 0.6) is 0 Å². The number of hydrogen-bond donors (Lipinski definition) is 1. The average molecular weight is 594 g/mol. The van der Waals surface area contributed by atoms with Gasteiger partial charge in [0.15, 0.2) is 0 Å². The number of aryl methyl sites for hydroxylation is 1. The van der Waals surface area contributed by atoms with Crippen LogP contribution >= 0.6 is 8.53 Å². The molecular weight excluding hydrogens is 553 g/mol. The molecule has 2 aromatic carbocycles. The standard InChI is InChI=1S/C31H40N3O5PSi/c1-21(2)29-26(18-28(37-29)33-19-22(3)30(35)32-31(33)36)38-40-34-17-11-16-25(34)27(39-40)20-41(4,23-12-7-5-8-13-23)24-14-9-6-10-15-24/h5-10,12-15,19,21,25-29H,11,16-18,20H2,1-4H3,(H,32,35,36)/t25-,26?,27+,28+,29+,40?/m0/s1. The topological polar surface area (TPSA) is 85.8 Å². The van der Waals surface area contributed by atoms with E-state index >= 15 is 0 Å². The van der Waals surface area contributed by atoms with Gasteiger partial charge >= 0.3 is 5.69 Å². The van der Waals surface area contributed by atoms with Crippen LogP contribution in [0.3, 0.4) is 0 Å². The largest absolute Gasteiger partial charge is 0.352 e. The zero-order chi connectivity index (χ0) is 28.7. The van der Waals surface area contributed by atoms with Gasteiger partial charge in [-0.15, -0.1) is 0 Å². The first-order valence-corrected chi connectivity index (χ1v) is 18.6. The molecule has 6 atom stereocenters. The molecule has 0 radical (unpaired) electrons. The van der Waals surface area contributed by atoms with E-state index in [2.05, 4.69) is 90.7 Å². The lowest BCUT2D eigenvalue weighted by Gasteiger charge is -2.32. The Hall–Kier alpha value is -2.39. The van der Waals surface area contributed by atoms with Crippen LogP contribution < -0.4 is 21.6 Å². The van der Waals surface area contributed by atoms with E-state index in [-0.39, 0.29) is 29.8 Å². The van der Waals surface area contributed by atoms with E-state index in [1.165, 1.54) is 14.9 Å². The van der Waals surface area contributed by atoms with Crippen molar-refractivity contribution >= 4 is 27.0 Å². The molecule has 0 amide bonds. The Morgan fingerprint density at radius 3 is 2.37 bits per heavy atom. The van der Waals surface area contributed by atoms with Gasteiger partial charge in [0.2, 0.25) is 0 Å². The van der Waals surface area contributed by atoms with Crippen molar-refractivity contribution < 1.29 is 13.8 Å². The minimum atomic E-state index is -2.09. The minimum Gasteiger partial charge on any atom is -0.352 e. The number of aromatic nitrogens is 2. The predicted octanol–water partition coefficient (Wildman–Crippen LogP) is 4.16. The Kier molecular flexibility index (Phi) is 8.20. The number of benzene rings is 2. The first-order valence-electron chi connectivity index (χ1n) is 14.7. The molecule has 3 aromatic rings. The summed E-state index contributed by atoms with van der Waals surface area (Å²) in [7, 11) is -3.35. The van der Waals surface area contributed by atoms with Gasteiger partial charge in [-0.1, -0.05) is 91.4 Å². The second-order valence-corrected chi connectivity index (χ2v) is 17.8. The fourth-order valence-electron chi connectivity index (χ4n) is 6.72. The molecule has 1 aromatic heterocycles. The number of rotatable bonds is 8. The summed E-state index contributed by atoms with van der Waals surface area (Å²) in [4.78, 5) is 27.0. The molecule has 0 spiro atoms. The number of fused-ring (bicyclic) bond motifs is 1. The maximum Gasteiger partial charge on any atom is 0.330 e. The fraction of sp³-hybridized carbons (Fsp3) is 0.484. The Morgan fingerprint density at radius 1 is 1.07 bits per heavy atom. The lowest BCUT2D eigenvalue weighted by Crippen LogP contribution is -2.58. The van der Waals surface area contributed by atoms with Crippen LogP contribution in [0.2, 0.25) is 12.6 Å². The molecule has 2 unspecified atom stereocenters. The van der Waals surface area contributed by atoms with Crippen molar-refractivity contribution in [2.75, 3.05) is 6.54 Å². The Bertz CT molecular complexity index is 1430. The molecule has 41 heavy (non-hydrogen) atoms. The molecule has 1 N–H and O–H groups in total. The normalized spacial score (nSPS) is 28.4. The highest BCUT2D eigenvalue weighted by Crippen LogP contribution is 2.59. The van der Waals surface area contributed by atoms with Gasteiger partial charge in [-0.25, -0.2) is 9.46 Å². The number of H-pyrrole nitrogens is 1. The van der Waals surface area contributed by atoms with Crippen molar-refractivity contribution in [1.29, 1.82) is 0 Å². The third-order valence-corrected chi connectivity index (χ3v) is 15.3. The molecule has 3 aliphatic heterocycles. The van der Waals surface area contributed by atoms with E-state index in [9.17, 15) is 9.59 Å². The van der Waals surface area contributed by atoms with Gasteiger partial charge in [0, 0.05) is 30.8 Å². The van der Waals surface area contributed by atoms with Crippen molar-refractivity contribution in [3.63, 3.8) is 0 Å². The summed E-state index contributed by atoms with van der Waals surface area (Å²) in [6.45, 7) is 9.37. The van der Waals surface area contributed by atoms with Crippen LogP contribution in [-0.4, -0.2) is 53.2 Å². The van der Waals surface area contributed by atoms with Crippen LogP contribution in [-0.2, 0) is 13.8 Å². The highest BCUT2D eigenvalue weighted by atomic mass is 31.2. The Balaban J connectivity index is 1.24. The Labute approximate surface area is 243 Å². The SMILES string of the molecule is Cc1cn([C@H]2CC(OP3O[C@H](C[Si](C)(c4ccccc4)c4ccccc4)[C@@H]4CCCN43)[C@@H](C(C)C)O2)c(=O)[nH]c1=O. The third kappa shape index (κ3) is 5.56. The quantitative estimate of drug-likeness (QED) is 0.312. The summed E-state index contributed by atoms with van der Waals surface area (Å²) < 4.78 is 24.1. The second-order valence-electron chi connectivity index (χ2n) is 12.2. The molecular formula is C31H40N3O5PSi. The minimum absolute atomic E-state index is 0.0979. The van der Waals surface area contributed by atoms with Gasteiger partial charge in [-0.3, -0.25) is 14.3 Å². The monoisotopic (exact) mass is 593 g/mol. The molecule has 3 fully saturated rings. The van der Waals surface area contributed by atoms with Gasteiger partial charge in [-0.05, 0) is 31.7 Å². The molecule has 3 aliphatic rings. The number of hydrogen-bond acceptors (Lipinski definition) is 6. The van der Waals surface area contributed by atoms with Gasteiger partial charge < -0.3 is 13.8 Å². The average Bonchev–Trinajstić information content (AvgIpc) is 3.69. The van der Waals surface area contributed by atoms with Crippen molar-refractivity contribution in [3.8, 4) is 0 Å². The molecule has 0 bridgehead atoms. The number of nitrogens with one attached hydrogen (secondary N) is 1. The van der Waals surface area contributed by atoms with Crippen molar-refractivity contribution in [3.05, 3.63) is 93.3 Å². The number of aromatic amines is 1. The molecule has 3 saturated heterocycles. The van der Waals surface area contributed by atoms with Crippen molar-refractivity contribution in [2.45, 2.75) is 83.2 Å². The summed E-state index contributed by atoms with van der Waals surface area (Å²) in [6, 6.07) is 23.2. The summed E-state index contributed by atoms with van der Waals surface area (Å²) in [5, 5.41) is 2.84. The van der Waals surface area contributed by atoms with Crippen LogP contribution in [0.4, 0.5) is 0 Å². The van der Waals surface area contributed by atoms with Crippen LogP contribution in [0.15, 0.2) is 76.4 Å². The van der Waals surface area contributed by atoms with Crippen LogP contribution in [0.25, 0.3) is 0 Å². The van der Waals surface area contributed by atoms with E-state index < -0.39 is 28.5 Å². The number of nitrogens with zero attached hydrogens (tertiary/aromatic N) is 2. The molecule has 10 heteroatoms. The van der Waals surface area contributed by atoms with Crippen molar-refractivity contribution in [2.24, 2.45) is 5.92 Å². The zero-order valence-corrected chi connectivity index (χ0v) is 26.1. The maximum atomic E-state index is 12.6. The first kappa shape index (κ1) is 28.7. The lowest BCUT2D eigenvalue weighted by molar-refractivity contribution is -0.0399. The lowest BCUT2D eigenvalue weighted by atomic mass is 10.0. The highest BCUT2D eigenvalue weighted by Gasteiger charge is 2.52. The molecule has 6 rings (SSSR count). The second kappa shape index (κ2) is 11.7. The molecule has 8 nitrogen and oxygen atoms in total. The Morgan fingerprint density at radius 2 is 1.73 bits per heavy atom. The van der Waals surface area contributed by atoms with Gasteiger partial charge in [0.25, 0.3) is 14.1 Å². The molecule has 0 saturated carbocycles. The van der Waals surface area contributed by atoms with Gasteiger partial charge in [0.1, 0.15) is 14.3 Å². The summed E-state index contributed by atoms with van der Waals surface area (Å²) in [6.07, 6.45) is 3.59. The van der Waals surface area contributed by atoms with Gasteiger partial charge in [0.05, 0.1) is 18.3 Å². The molecule has 4 heterocycles. The first-order chi connectivity index (χ1) is 19.7. The predicted molar refractivity (Wildman–Crippen MR) is 164 cm³/mol. The van der Waals surface area contributed by atoms with E-state index in [1.54, 1.807) is 13.1 Å². The summed E-state index contributed by atoms with van der Waals surface area (Å²) >= 11 is 0. The van der Waals surface area contributed by atoms with E-state index in [0.717, 1.165) is 25.4 Å². The third-order valence-electron chi connectivity index (χ3n) is 9.02. The summed E-state index contributed by atoms with van der Waals surface area (Å²) in [5.74, 6) is 0.194.